The van der Waals surface area contributed by atoms with Gasteiger partial charge in [-0.15, -0.1) is 0 Å². The van der Waals surface area contributed by atoms with Crippen LogP contribution < -0.4 is 5.73 Å². The van der Waals surface area contributed by atoms with E-state index >= 15 is 0 Å². The summed E-state index contributed by atoms with van der Waals surface area (Å²) in [6, 6.07) is 6.89. The van der Waals surface area contributed by atoms with Gasteiger partial charge in [0.15, 0.2) is 0 Å². The lowest BCUT2D eigenvalue weighted by molar-refractivity contribution is 0.563. The molecule has 1 unspecified atom stereocenters. The van der Waals surface area contributed by atoms with Crippen molar-refractivity contribution in [3.8, 4) is 0 Å². The molecule has 2 nitrogen and oxygen atoms in total. The number of hydrogen-bond acceptors (Lipinski definition) is 2. The average Bonchev–Trinajstić information content (AvgIpc) is 2.32. The predicted octanol–water partition coefficient (Wildman–Crippen LogP) is 2.91. The molecule has 1 heterocycles. The zero-order valence-electron chi connectivity index (χ0n) is 10.0. The maximum atomic E-state index is 13.5. The lowest BCUT2D eigenvalue weighted by Crippen LogP contribution is -2.14. The van der Waals surface area contributed by atoms with Crippen molar-refractivity contribution in [1.82, 2.24) is 4.98 Å². The lowest BCUT2D eigenvalue weighted by Gasteiger charge is -2.13. The minimum atomic E-state index is -0.579. The highest BCUT2D eigenvalue weighted by atomic mass is 19.1. The van der Waals surface area contributed by atoms with Gasteiger partial charge in [0.25, 0.3) is 0 Å². The van der Waals surface area contributed by atoms with Crippen LogP contribution in [0.5, 0.6) is 0 Å². The highest BCUT2D eigenvalue weighted by Gasteiger charge is 2.11. The SMILES string of the molecule is Cc1cc(C(N)Cc2ccc(F)cc2F)ccn1. The van der Waals surface area contributed by atoms with Crippen LogP contribution in [0.1, 0.15) is 22.9 Å². The van der Waals surface area contributed by atoms with E-state index in [-0.39, 0.29) is 6.04 Å². The van der Waals surface area contributed by atoms with Gasteiger partial charge < -0.3 is 5.73 Å². The zero-order chi connectivity index (χ0) is 13.1. The summed E-state index contributed by atoms with van der Waals surface area (Å²) < 4.78 is 26.3. The first-order chi connectivity index (χ1) is 8.56. The van der Waals surface area contributed by atoms with Crippen molar-refractivity contribution in [2.75, 3.05) is 0 Å². The molecule has 2 rings (SSSR count). The third-order valence-electron chi connectivity index (χ3n) is 2.80. The van der Waals surface area contributed by atoms with Crippen LogP contribution >= 0.6 is 0 Å². The van der Waals surface area contributed by atoms with Crippen molar-refractivity contribution in [2.45, 2.75) is 19.4 Å². The number of aromatic nitrogens is 1. The minimum Gasteiger partial charge on any atom is -0.324 e. The van der Waals surface area contributed by atoms with Gasteiger partial charge in [0.05, 0.1) is 0 Å². The van der Waals surface area contributed by atoms with Crippen LogP contribution in [-0.4, -0.2) is 4.98 Å². The van der Waals surface area contributed by atoms with Crippen molar-refractivity contribution >= 4 is 0 Å². The molecule has 0 aliphatic rings. The number of benzene rings is 1. The van der Waals surface area contributed by atoms with Gasteiger partial charge in [-0.1, -0.05) is 6.07 Å². The van der Waals surface area contributed by atoms with Crippen LogP contribution in [0.2, 0.25) is 0 Å². The first-order valence-corrected chi connectivity index (χ1v) is 5.68. The van der Waals surface area contributed by atoms with Crippen LogP contribution in [-0.2, 0) is 6.42 Å². The number of halogens is 2. The molecule has 0 spiro atoms. The molecule has 1 aromatic heterocycles. The van der Waals surface area contributed by atoms with Crippen LogP contribution in [0.15, 0.2) is 36.5 Å². The number of nitrogens with two attached hydrogens (primary N) is 1. The summed E-state index contributed by atoms with van der Waals surface area (Å²) in [5.41, 5.74) is 8.19. The number of hydrogen-bond donors (Lipinski definition) is 1. The molecule has 2 N–H and O–H groups in total. The third kappa shape index (κ3) is 2.90. The quantitative estimate of drug-likeness (QED) is 0.907. The molecule has 1 aromatic carbocycles. The molecule has 4 heteroatoms. The highest BCUT2D eigenvalue weighted by molar-refractivity contribution is 5.25. The second-order valence-electron chi connectivity index (χ2n) is 4.28. The molecule has 0 saturated carbocycles. The fourth-order valence-corrected chi connectivity index (χ4v) is 1.84. The van der Waals surface area contributed by atoms with Crippen molar-refractivity contribution < 1.29 is 8.78 Å². The Morgan fingerprint density at radius 3 is 2.67 bits per heavy atom. The third-order valence-corrected chi connectivity index (χ3v) is 2.80. The molecule has 94 valence electrons. The molecule has 0 radical (unpaired) electrons. The van der Waals surface area contributed by atoms with E-state index in [0.717, 1.165) is 17.3 Å². The molecule has 0 aliphatic heterocycles. The molecular formula is C14H14F2N2. The summed E-state index contributed by atoms with van der Waals surface area (Å²) in [6.07, 6.45) is 2.00. The van der Waals surface area contributed by atoms with Crippen LogP contribution in [0, 0.1) is 18.6 Å². The second-order valence-corrected chi connectivity index (χ2v) is 4.28. The van der Waals surface area contributed by atoms with E-state index in [2.05, 4.69) is 4.98 Å². The van der Waals surface area contributed by atoms with Gasteiger partial charge >= 0.3 is 0 Å². The van der Waals surface area contributed by atoms with Gasteiger partial charge in [-0.2, -0.15) is 0 Å². The fraction of sp³-hybridized carbons (Fsp3) is 0.214. The average molecular weight is 248 g/mol. The highest BCUT2D eigenvalue weighted by Crippen LogP contribution is 2.19. The smallest absolute Gasteiger partial charge is 0.129 e. The van der Waals surface area contributed by atoms with Gasteiger partial charge in [0, 0.05) is 24.0 Å². The Morgan fingerprint density at radius 1 is 1.22 bits per heavy atom. The molecule has 0 amide bonds. The van der Waals surface area contributed by atoms with Crippen molar-refractivity contribution in [3.05, 3.63) is 65.0 Å². The monoisotopic (exact) mass is 248 g/mol. The fourth-order valence-electron chi connectivity index (χ4n) is 1.84. The molecule has 1 atom stereocenters. The van der Waals surface area contributed by atoms with Crippen molar-refractivity contribution in [1.29, 1.82) is 0 Å². The van der Waals surface area contributed by atoms with Crippen LogP contribution in [0.25, 0.3) is 0 Å². The summed E-state index contributed by atoms with van der Waals surface area (Å²) in [5.74, 6) is -1.14. The number of aryl methyl sites for hydroxylation is 1. The summed E-state index contributed by atoms with van der Waals surface area (Å²) in [4.78, 5) is 4.08. The Kier molecular flexibility index (Phi) is 3.67. The van der Waals surface area contributed by atoms with E-state index in [4.69, 9.17) is 5.73 Å². The maximum absolute atomic E-state index is 13.5. The van der Waals surface area contributed by atoms with Gasteiger partial charge in [0.1, 0.15) is 11.6 Å². The topological polar surface area (TPSA) is 38.9 Å². The molecule has 18 heavy (non-hydrogen) atoms. The number of nitrogens with zero attached hydrogens (tertiary/aromatic N) is 1. The van der Waals surface area contributed by atoms with Crippen molar-refractivity contribution in [3.63, 3.8) is 0 Å². The molecule has 2 aromatic rings. The number of pyridine rings is 1. The summed E-state index contributed by atoms with van der Waals surface area (Å²) in [5, 5.41) is 0. The van der Waals surface area contributed by atoms with E-state index in [0.29, 0.717) is 12.0 Å². The molecular weight excluding hydrogens is 234 g/mol. The summed E-state index contributed by atoms with van der Waals surface area (Å²) in [6.45, 7) is 1.87. The summed E-state index contributed by atoms with van der Waals surface area (Å²) >= 11 is 0. The Morgan fingerprint density at radius 2 is 2.00 bits per heavy atom. The zero-order valence-corrected chi connectivity index (χ0v) is 10.0. The minimum absolute atomic E-state index is 0.327. The molecule has 0 bridgehead atoms. The van der Waals surface area contributed by atoms with E-state index < -0.39 is 11.6 Å². The largest absolute Gasteiger partial charge is 0.324 e. The van der Waals surface area contributed by atoms with Gasteiger partial charge in [0.2, 0.25) is 0 Å². The molecule has 0 aliphatic carbocycles. The van der Waals surface area contributed by atoms with Crippen LogP contribution in [0.3, 0.4) is 0 Å². The Hall–Kier alpha value is -1.81. The van der Waals surface area contributed by atoms with Gasteiger partial charge in [-0.3, -0.25) is 4.98 Å². The molecule has 0 saturated heterocycles. The molecule has 0 fully saturated rings. The van der Waals surface area contributed by atoms with Gasteiger partial charge in [-0.25, -0.2) is 8.78 Å². The first-order valence-electron chi connectivity index (χ1n) is 5.68. The Labute approximate surface area is 104 Å². The Bertz CT molecular complexity index is 555. The number of rotatable bonds is 3. The van der Waals surface area contributed by atoms with Crippen molar-refractivity contribution in [2.24, 2.45) is 5.73 Å². The second kappa shape index (κ2) is 5.23. The van der Waals surface area contributed by atoms with E-state index in [9.17, 15) is 8.78 Å². The van der Waals surface area contributed by atoms with E-state index in [1.54, 1.807) is 12.3 Å². The standard InChI is InChI=1S/C14H14F2N2/c1-9-6-11(4-5-18-9)14(17)7-10-2-3-12(15)8-13(10)16/h2-6,8,14H,7,17H2,1H3. The summed E-state index contributed by atoms with van der Waals surface area (Å²) in [7, 11) is 0. The predicted molar refractivity (Wildman–Crippen MR) is 66.0 cm³/mol. The Balaban J connectivity index is 2.18. The first kappa shape index (κ1) is 12.6. The van der Waals surface area contributed by atoms with E-state index in [1.165, 1.54) is 12.1 Å². The van der Waals surface area contributed by atoms with Crippen LogP contribution in [0.4, 0.5) is 8.78 Å². The van der Waals surface area contributed by atoms with E-state index in [1.807, 2.05) is 13.0 Å². The maximum Gasteiger partial charge on any atom is 0.129 e. The van der Waals surface area contributed by atoms with Gasteiger partial charge in [-0.05, 0) is 42.7 Å². The lowest BCUT2D eigenvalue weighted by atomic mass is 9.99. The normalized spacial score (nSPS) is 12.4.